The van der Waals surface area contributed by atoms with Gasteiger partial charge in [0.2, 0.25) is 0 Å². The summed E-state index contributed by atoms with van der Waals surface area (Å²) >= 11 is 0. The minimum absolute atomic E-state index is 0.0975. The van der Waals surface area contributed by atoms with E-state index in [2.05, 4.69) is 77.4 Å². The largest absolute Gasteiger partial charge is 0.390 e. The Balaban J connectivity index is 1.65. The number of nitrogens with zero attached hydrogens (tertiary/aromatic N) is 5. The first-order valence-corrected chi connectivity index (χ1v) is 11.2. The fraction of sp³-hybridized carbons (Fsp3) is 0.308. The fourth-order valence-corrected chi connectivity index (χ4v) is 3.77. The third-order valence-electron chi connectivity index (χ3n) is 5.73. The van der Waals surface area contributed by atoms with Crippen LogP contribution < -0.4 is 5.32 Å². The van der Waals surface area contributed by atoms with Gasteiger partial charge in [-0.1, -0.05) is 43.7 Å². The molecule has 0 aliphatic carbocycles. The number of nitrogens with one attached hydrogen (secondary N) is 1. The SMILES string of the molecule is Cc1ccc([C@H](C)Nc2nnc(-c3ccc(-n4cnc(C)c4)c(CO)n3)cc2C(C)C)cc1. The molecule has 0 saturated carbocycles. The topological polar surface area (TPSA) is 88.8 Å². The van der Waals surface area contributed by atoms with Crippen LogP contribution in [0.25, 0.3) is 17.1 Å². The van der Waals surface area contributed by atoms with Gasteiger partial charge >= 0.3 is 0 Å². The van der Waals surface area contributed by atoms with Crippen molar-refractivity contribution >= 4 is 5.82 Å². The Morgan fingerprint density at radius 2 is 1.73 bits per heavy atom. The fourth-order valence-electron chi connectivity index (χ4n) is 3.77. The summed E-state index contributed by atoms with van der Waals surface area (Å²) < 4.78 is 1.86. The standard InChI is InChI=1S/C26H30N6O/c1-16(2)21-12-23(30-31-26(21)28-19(5)20-8-6-17(3)7-9-20)22-10-11-25(24(14-33)29-22)32-13-18(4)27-15-32/h6-13,15-16,19,33H,14H2,1-5H3,(H,28,31)/t19-/m0/s1. The maximum absolute atomic E-state index is 9.93. The Bertz CT molecular complexity index is 1250. The normalized spacial score (nSPS) is 12.2. The van der Waals surface area contributed by atoms with Crippen LogP contribution in [0.4, 0.5) is 5.82 Å². The van der Waals surface area contributed by atoms with Gasteiger partial charge in [0.25, 0.3) is 0 Å². The second kappa shape index (κ2) is 9.50. The molecule has 0 bridgehead atoms. The lowest BCUT2D eigenvalue weighted by molar-refractivity contribution is 0.276. The van der Waals surface area contributed by atoms with E-state index in [1.807, 2.05) is 35.9 Å². The zero-order valence-electron chi connectivity index (χ0n) is 19.7. The van der Waals surface area contributed by atoms with Crippen LogP contribution in [-0.4, -0.2) is 29.8 Å². The highest BCUT2D eigenvalue weighted by Crippen LogP contribution is 2.29. The van der Waals surface area contributed by atoms with Crippen LogP contribution in [0.2, 0.25) is 0 Å². The average Bonchev–Trinajstić information content (AvgIpc) is 3.25. The van der Waals surface area contributed by atoms with Crippen molar-refractivity contribution in [1.29, 1.82) is 0 Å². The molecular weight excluding hydrogens is 412 g/mol. The number of aryl methyl sites for hydroxylation is 2. The van der Waals surface area contributed by atoms with Gasteiger partial charge in [-0.3, -0.25) is 0 Å². The van der Waals surface area contributed by atoms with Gasteiger partial charge in [-0.15, -0.1) is 10.2 Å². The number of rotatable bonds is 7. The Morgan fingerprint density at radius 1 is 0.970 bits per heavy atom. The smallest absolute Gasteiger partial charge is 0.152 e. The van der Waals surface area contributed by atoms with Crippen molar-refractivity contribution in [2.45, 2.75) is 53.2 Å². The third kappa shape index (κ3) is 4.93. The van der Waals surface area contributed by atoms with Crippen molar-refractivity contribution in [2.24, 2.45) is 0 Å². The number of hydrogen-bond acceptors (Lipinski definition) is 6. The highest BCUT2D eigenvalue weighted by molar-refractivity contribution is 5.61. The van der Waals surface area contributed by atoms with Gasteiger partial charge < -0.3 is 15.0 Å². The zero-order chi connectivity index (χ0) is 23.5. The molecule has 0 aliphatic heterocycles. The number of aromatic nitrogens is 5. The predicted molar refractivity (Wildman–Crippen MR) is 130 cm³/mol. The molecule has 1 aromatic carbocycles. The number of aliphatic hydroxyl groups is 1. The molecule has 2 N–H and O–H groups in total. The van der Waals surface area contributed by atoms with Crippen LogP contribution in [0.5, 0.6) is 0 Å². The summed E-state index contributed by atoms with van der Waals surface area (Å²) in [6.07, 6.45) is 3.62. The minimum atomic E-state index is -0.182. The Morgan fingerprint density at radius 3 is 2.36 bits per heavy atom. The maximum atomic E-state index is 9.93. The molecule has 0 amide bonds. The summed E-state index contributed by atoms with van der Waals surface area (Å²) in [4.78, 5) is 8.94. The van der Waals surface area contributed by atoms with Crippen LogP contribution in [0.3, 0.4) is 0 Å². The van der Waals surface area contributed by atoms with Crippen LogP contribution in [0.1, 0.15) is 60.8 Å². The maximum Gasteiger partial charge on any atom is 0.152 e. The van der Waals surface area contributed by atoms with E-state index in [1.54, 1.807) is 6.33 Å². The summed E-state index contributed by atoms with van der Waals surface area (Å²) in [6, 6.07) is 14.5. The quantitative estimate of drug-likeness (QED) is 0.412. The number of hydrogen-bond donors (Lipinski definition) is 2. The first-order chi connectivity index (χ1) is 15.9. The van der Waals surface area contributed by atoms with Gasteiger partial charge in [-0.25, -0.2) is 9.97 Å². The highest BCUT2D eigenvalue weighted by atomic mass is 16.3. The predicted octanol–water partition coefficient (Wildman–Crippen LogP) is 5.13. The van der Waals surface area contributed by atoms with Crippen molar-refractivity contribution in [3.63, 3.8) is 0 Å². The summed E-state index contributed by atoms with van der Waals surface area (Å²) in [5.74, 6) is 1.02. The summed E-state index contributed by atoms with van der Waals surface area (Å²) in [6.45, 7) is 10.2. The number of anilines is 1. The second-order valence-corrected chi connectivity index (χ2v) is 8.71. The third-order valence-corrected chi connectivity index (χ3v) is 5.73. The number of imidazole rings is 1. The molecule has 4 rings (SSSR count). The average molecular weight is 443 g/mol. The number of aliphatic hydroxyl groups excluding tert-OH is 1. The van der Waals surface area contributed by atoms with Gasteiger partial charge in [0, 0.05) is 11.8 Å². The molecule has 3 heterocycles. The lowest BCUT2D eigenvalue weighted by Gasteiger charge is -2.19. The monoisotopic (exact) mass is 442 g/mol. The lowest BCUT2D eigenvalue weighted by atomic mass is 10.0. The van der Waals surface area contributed by atoms with Gasteiger partial charge in [-0.2, -0.15) is 0 Å². The minimum Gasteiger partial charge on any atom is -0.390 e. The first-order valence-electron chi connectivity index (χ1n) is 11.2. The van der Waals surface area contributed by atoms with E-state index in [0.717, 1.165) is 22.8 Å². The van der Waals surface area contributed by atoms with Crippen molar-refractivity contribution in [2.75, 3.05) is 5.32 Å². The zero-order valence-corrected chi connectivity index (χ0v) is 19.7. The number of benzene rings is 1. The molecule has 3 aromatic heterocycles. The van der Waals surface area contributed by atoms with Gasteiger partial charge in [0.15, 0.2) is 5.82 Å². The van der Waals surface area contributed by atoms with Crippen molar-refractivity contribution < 1.29 is 5.11 Å². The molecule has 170 valence electrons. The van der Waals surface area contributed by atoms with Crippen LogP contribution in [0.15, 0.2) is 55.0 Å². The van der Waals surface area contributed by atoms with E-state index in [0.29, 0.717) is 17.1 Å². The molecule has 0 spiro atoms. The molecule has 0 saturated heterocycles. The van der Waals surface area contributed by atoms with Gasteiger partial charge in [0.05, 0.1) is 41.7 Å². The van der Waals surface area contributed by atoms with E-state index >= 15 is 0 Å². The van der Waals surface area contributed by atoms with Crippen LogP contribution in [-0.2, 0) is 6.61 Å². The van der Waals surface area contributed by atoms with E-state index in [4.69, 9.17) is 0 Å². The molecule has 33 heavy (non-hydrogen) atoms. The molecule has 0 unspecified atom stereocenters. The summed E-state index contributed by atoms with van der Waals surface area (Å²) in [5, 5.41) is 22.4. The summed E-state index contributed by atoms with van der Waals surface area (Å²) in [7, 11) is 0. The lowest BCUT2D eigenvalue weighted by Crippen LogP contribution is -2.12. The van der Waals surface area contributed by atoms with E-state index in [1.165, 1.54) is 11.1 Å². The highest BCUT2D eigenvalue weighted by Gasteiger charge is 2.16. The Labute approximate surface area is 194 Å². The van der Waals surface area contributed by atoms with Crippen molar-refractivity contribution in [3.8, 4) is 17.1 Å². The molecule has 1 atom stereocenters. The number of pyridine rings is 1. The first kappa shape index (κ1) is 22.6. The Hall–Kier alpha value is -3.58. The van der Waals surface area contributed by atoms with Crippen LogP contribution >= 0.6 is 0 Å². The van der Waals surface area contributed by atoms with E-state index < -0.39 is 0 Å². The van der Waals surface area contributed by atoms with Crippen LogP contribution in [0, 0.1) is 13.8 Å². The molecule has 7 heteroatoms. The summed E-state index contributed by atoms with van der Waals surface area (Å²) in [5.41, 5.74) is 7.11. The van der Waals surface area contributed by atoms with Crippen molar-refractivity contribution in [1.82, 2.24) is 24.7 Å². The molecule has 0 aliphatic rings. The second-order valence-electron chi connectivity index (χ2n) is 8.71. The molecule has 0 radical (unpaired) electrons. The molecule has 4 aromatic rings. The molecule has 0 fully saturated rings. The van der Waals surface area contributed by atoms with Crippen molar-refractivity contribution in [3.05, 3.63) is 83.1 Å². The van der Waals surface area contributed by atoms with Gasteiger partial charge in [0.1, 0.15) is 5.69 Å². The van der Waals surface area contributed by atoms with E-state index in [9.17, 15) is 5.11 Å². The van der Waals surface area contributed by atoms with E-state index in [-0.39, 0.29) is 18.6 Å². The van der Waals surface area contributed by atoms with Gasteiger partial charge in [-0.05, 0) is 50.5 Å². The molecule has 7 nitrogen and oxygen atoms in total. The molecular formula is C26H30N6O. The Kier molecular flexibility index (Phi) is 6.51.